The molecule has 1 aromatic rings. The summed E-state index contributed by atoms with van der Waals surface area (Å²) in [5.41, 5.74) is 1.10. The molecule has 28 heavy (non-hydrogen) atoms. The number of carbonyl (C=O) groups excluding carboxylic acids is 2. The fourth-order valence-corrected chi connectivity index (χ4v) is 4.53. The maximum absolute atomic E-state index is 12.5. The fourth-order valence-electron chi connectivity index (χ4n) is 4.17. The van der Waals surface area contributed by atoms with Crippen molar-refractivity contribution < 1.29 is 9.59 Å². The Morgan fingerprint density at radius 3 is 2.46 bits per heavy atom. The number of benzene rings is 1. The van der Waals surface area contributed by atoms with Crippen molar-refractivity contribution in [3.63, 3.8) is 0 Å². The maximum atomic E-state index is 12.5. The minimum Gasteiger partial charge on any atom is -0.362 e. The number of likely N-dealkylation sites (tertiary alicyclic amines) is 1. The summed E-state index contributed by atoms with van der Waals surface area (Å²) in [5, 5.41) is 6.66. The van der Waals surface area contributed by atoms with Gasteiger partial charge in [0.2, 0.25) is 5.91 Å². The van der Waals surface area contributed by atoms with Crippen LogP contribution in [0.4, 0.5) is 5.69 Å². The van der Waals surface area contributed by atoms with Crippen LogP contribution in [0.25, 0.3) is 0 Å². The van der Waals surface area contributed by atoms with Gasteiger partial charge in [0, 0.05) is 42.5 Å². The van der Waals surface area contributed by atoms with E-state index in [1.54, 1.807) is 0 Å². The van der Waals surface area contributed by atoms with Crippen LogP contribution in [0.5, 0.6) is 0 Å². The fraction of sp³-hybridized carbons (Fsp3) is 0.636. The highest BCUT2D eigenvalue weighted by Gasteiger charge is 2.40. The third kappa shape index (κ3) is 5.28. The molecule has 2 N–H and O–H groups in total. The Morgan fingerprint density at radius 2 is 1.75 bits per heavy atom. The Labute approximate surface area is 176 Å². The van der Waals surface area contributed by atoms with Crippen molar-refractivity contribution in [1.29, 1.82) is 0 Å². The van der Waals surface area contributed by atoms with Gasteiger partial charge in [-0.05, 0) is 24.6 Å². The van der Waals surface area contributed by atoms with Crippen LogP contribution in [-0.4, -0.2) is 35.5 Å². The number of nitrogens with one attached hydrogen (secondary N) is 2. The van der Waals surface area contributed by atoms with Crippen molar-refractivity contribution in [2.24, 2.45) is 0 Å². The number of piperidine rings is 1. The second kappa shape index (κ2) is 9.77. The van der Waals surface area contributed by atoms with E-state index in [1.807, 2.05) is 23.1 Å². The summed E-state index contributed by atoms with van der Waals surface area (Å²) in [6.07, 6.45) is 10.7. The summed E-state index contributed by atoms with van der Waals surface area (Å²) in [4.78, 5) is 27.0. The van der Waals surface area contributed by atoms with Crippen molar-refractivity contribution in [3.8, 4) is 0 Å². The molecule has 0 atom stereocenters. The second-order valence-corrected chi connectivity index (χ2v) is 9.02. The molecule has 1 spiro atoms. The third-order valence-electron chi connectivity index (χ3n) is 5.92. The van der Waals surface area contributed by atoms with E-state index >= 15 is 0 Å². The number of hydrogen-bond donors (Lipinski definition) is 2. The molecule has 6 heteroatoms. The summed E-state index contributed by atoms with van der Waals surface area (Å²) >= 11 is 3.42. The van der Waals surface area contributed by atoms with Gasteiger partial charge in [0.15, 0.2) is 0 Å². The van der Waals surface area contributed by atoms with Crippen LogP contribution in [0, 0.1) is 0 Å². The van der Waals surface area contributed by atoms with E-state index < -0.39 is 5.66 Å². The Kier molecular flexibility index (Phi) is 7.38. The van der Waals surface area contributed by atoms with E-state index in [0.717, 1.165) is 35.8 Å². The number of anilines is 1. The topological polar surface area (TPSA) is 61.4 Å². The molecule has 5 nitrogen and oxygen atoms in total. The Hall–Kier alpha value is -1.56. The quantitative estimate of drug-likeness (QED) is 0.544. The van der Waals surface area contributed by atoms with E-state index in [-0.39, 0.29) is 11.8 Å². The van der Waals surface area contributed by atoms with Gasteiger partial charge in [-0.15, -0.1) is 0 Å². The number of rotatable bonds is 8. The number of fused-ring (bicyclic) bond motifs is 1. The number of hydrogen-bond acceptors (Lipinski definition) is 3. The molecule has 154 valence electrons. The van der Waals surface area contributed by atoms with Crippen LogP contribution in [0.1, 0.15) is 81.5 Å². The zero-order chi connectivity index (χ0) is 20.0. The second-order valence-electron chi connectivity index (χ2n) is 8.10. The van der Waals surface area contributed by atoms with Crippen LogP contribution in [0.15, 0.2) is 22.7 Å². The molecule has 3 rings (SSSR count). The summed E-state index contributed by atoms with van der Waals surface area (Å²) in [7, 11) is 0. The minimum absolute atomic E-state index is 0.0436. The number of amides is 2. The molecule has 0 saturated carbocycles. The molecule has 1 aromatic carbocycles. The standard InChI is InChI=1S/C22H32BrN3O2/c1-2-3-4-5-6-7-8-9-20(27)26-14-12-22(13-15-26)24-19-11-10-17(23)16-18(19)21(28)25-22/h10-11,16,24H,2-9,12-15H2,1H3,(H,25,28). The van der Waals surface area contributed by atoms with Crippen molar-refractivity contribution in [3.05, 3.63) is 28.2 Å². The normalized spacial score (nSPS) is 17.8. The first-order valence-corrected chi connectivity index (χ1v) is 11.5. The molecule has 0 unspecified atom stereocenters. The lowest BCUT2D eigenvalue weighted by atomic mass is 9.92. The van der Waals surface area contributed by atoms with E-state index in [0.29, 0.717) is 25.1 Å². The average Bonchev–Trinajstić information content (AvgIpc) is 2.68. The van der Waals surface area contributed by atoms with E-state index in [1.165, 1.54) is 32.1 Å². The molecule has 0 bridgehead atoms. The molecule has 2 amide bonds. The lowest BCUT2D eigenvalue weighted by molar-refractivity contribution is -0.132. The lowest BCUT2D eigenvalue weighted by Crippen LogP contribution is -2.62. The maximum Gasteiger partial charge on any atom is 0.255 e. The van der Waals surface area contributed by atoms with Gasteiger partial charge in [-0.25, -0.2) is 0 Å². The third-order valence-corrected chi connectivity index (χ3v) is 6.41. The van der Waals surface area contributed by atoms with Gasteiger partial charge in [-0.1, -0.05) is 61.4 Å². The highest BCUT2D eigenvalue weighted by Crippen LogP contribution is 2.33. The summed E-state index contributed by atoms with van der Waals surface area (Å²) in [5.74, 6) is 0.216. The Balaban J connectivity index is 1.43. The molecular formula is C22H32BrN3O2. The van der Waals surface area contributed by atoms with Crippen LogP contribution in [0.2, 0.25) is 0 Å². The highest BCUT2D eigenvalue weighted by molar-refractivity contribution is 9.10. The molecule has 2 aliphatic rings. The van der Waals surface area contributed by atoms with Gasteiger partial charge in [0.1, 0.15) is 5.66 Å². The first kappa shape index (κ1) is 21.2. The average molecular weight is 450 g/mol. The molecule has 1 saturated heterocycles. The monoisotopic (exact) mass is 449 g/mol. The van der Waals surface area contributed by atoms with Crippen molar-refractivity contribution >= 4 is 33.4 Å². The van der Waals surface area contributed by atoms with E-state index in [9.17, 15) is 9.59 Å². The van der Waals surface area contributed by atoms with E-state index in [2.05, 4.69) is 33.5 Å². The molecule has 0 aliphatic carbocycles. The largest absolute Gasteiger partial charge is 0.362 e. The Morgan fingerprint density at radius 1 is 1.07 bits per heavy atom. The van der Waals surface area contributed by atoms with Gasteiger partial charge >= 0.3 is 0 Å². The van der Waals surface area contributed by atoms with Crippen molar-refractivity contribution in [2.45, 2.75) is 76.8 Å². The van der Waals surface area contributed by atoms with Crippen LogP contribution in [0.3, 0.4) is 0 Å². The summed E-state index contributed by atoms with van der Waals surface area (Å²) < 4.78 is 0.893. The van der Waals surface area contributed by atoms with Gasteiger partial charge in [0.05, 0.1) is 5.56 Å². The predicted octanol–water partition coefficient (Wildman–Crippen LogP) is 5.06. The van der Waals surface area contributed by atoms with Crippen molar-refractivity contribution in [1.82, 2.24) is 10.2 Å². The zero-order valence-electron chi connectivity index (χ0n) is 16.9. The summed E-state index contributed by atoms with van der Waals surface area (Å²) in [6.45, 7) is 3.61. The molecule has 1 fully saturated rings. The first-order chi connectivity index (χ1) is 13.5. The molecule has 2 heterocycles. The van der Waals surface area contributed by atoms with Gasteiger partial charge in [-0.2, -0.15) is 0 Å². The van der Waals surface area contributed by atoms with Crippen molar-refractivity contribution in [2.75, 3.05) is 18.4 Å². The number of halogens is 1. The van der Waals surface area contributed by atoms with Gasteiger partial charge in [-0.3, -0.25) is 9.59 Å². The SMILES string of the molecule is CCCCCCCCCC(=O)N1CCC2(CC1)NC(=O)c1cc(Br)ccc1N2. The number of carbonyl (C=O) groups is 2. The first-order valence-electron chi connectivity index (χ1n) is 10.7. The smallest absolute Gasteiger partial charge is 0.255 e. The minimum atomic E-state index is -0.437. The molecule has 0 aromatic heterocycles. The lowest BCUT2D eigenvalue weighted by Gasteiger charge is -2.46. The number of unbranched alkanes of at least 4 members (excludes halogenated alkanes) is 6. The molecule has 0 radical (unpaired) electrons. The van der Waals surface area contributed by atoms with Gasteiger partial charge in [0.25, 0.3) is 5.91 Å². The van der Waals surface area contributed by atoms with E-state index in [4.69, 9.17) is 0 Å². The zero-order valence-corrected chi connectivity index (χ0v) is 18.4. The molecular weight excluding hydrogens is 418 g/mol. The molecule has 2 aliphatic heterocycles. The highest BCUT2D eigenvalue weighted by atomic mass is 79.9. The summed E-state index contributed by atoms with van der Waals surface area (Å²) in [6, 6.07) is 5.72. The number of nitrogens with zero attached hydrogens (tertiary/aromatic N) is 1. The van der Waals surface area contributed by atoms with Crippen LogP contribution in [-0.2, 0) is 4.79 Å². The van der Waals surface area contributed by atoms with Crippen LogP contribution >= 0.6 is 15.9 Å². The predicted molar refractivity (Wildman–Crippen MR) is 116 cm³/mol. The van der Waals surface area contributed by atoms with Gasteiger partial charge < -0.3 is 15.5 Å². The Bertz CT molecular complexity index is 699. The van der Waals surface area contributed by atoms with Crippen LogP contribution < -0.4 is 10.6 Å².